The highest BCUT2D eigenvalue weighted by Gasteiger charge is 2.06. The van der Waals surface area contributed by atoms with E-state index in [1.165, 1.54) is 6.08 Å². The van der Waals surface area contributed by atoms with Crippen molar-refractivity contribution in [3.63, 3.8) is 0 Å². The van der Waals surface area contributed by atoms with E-state index in [4.69, 9.17) is 5.26 Å². The van der Waals surface area contributed by atoms with E-state index in [2.05, 4.69) is 5.32 Å². The number of rotatable bonds is 6. The Morgan fingerprint density at radius 2 is 1.70 bits per heavy atom. The molecule has 0 bridgehead atoms. The van der Waals surface area contributed by atoms with E-state index >= 15 is 0 Å². The molecule has 2 rings (SSSR count). The van der Waals surface area contributed by atoms with Crippen LogP contribution >= 0.6 is 0 Å². The SMILES string of the molecule is N#C/C(=C\C=C\c1ccccc1)C(=O)NCCc1ccccc1. The maximum atomic E-state index is 12.0. The van der Waals surface area contributed by atoms with Gasteiger partial charge in [-0.1, -0.05) is 72.8 Å². The van der Waals surface area contributed by atoms with Crippen LogP contribution in [0.5, 0.6) is 0 Å². The largest absolute Gasteiger partial charge is 0.351 e. The van der Waals surface area contributed by atoms with Crippen LogP contribution in [0.15, 0.2) is 78.4 Å². The molecule has 0 saturated heterocycles. The fourth-order valence-corrected chi connectivity index (χ4v) is 2.04. The molecule has 0 aliphatic heterocycles. The second kappa shape index (κ2) is 9.01. The molecule has 0 saturated carbocycles. The molecule has 23 heavy (non-hydrogen) atoms. The molecule has 0 fully saturated rings. The minimum atomic E-state index is -0.346. The van der Waals surface area contributed by atoms with Gasteiger partial charge in [-0.2, -0.15) is 5.26 Å². The first kappa shape index (κ1) is 16.3. The molecular weight excluding hydrogens is 284 g/mol. The second-order valence-corrected chi connectivity index (χ2v) is 4.95. The highest BCUT2D eigenvalue weighted by molar-refractivity contribution is 5.97. The average Bonchev–Trinajstić information content (AvgIpc) is 2.60. The van der Waals surface area contributed by atoms with Crippen molar-refractivity contribution in [1.82, 2.24) is 5.32 Å². The van der Waals surface area contributed by atoms with Crippen LogP contribution in [0.3, 0.4) is 0 Å². The first-order valence-corrected chi connectivity index (χ1v) is 7.45. The molecule has 114 valence electrons. The number of nitriles is 1. The first-order chi connectivity index (χ1) is 11.3. The van der Waals surface area contributed by atoms with Crippen molar-refractivity contribution < 1.29 is 4.79 Å². The normalized spacial score (nSPS) is 11.2. The summed E-state index contributed by atoms with van der Waals surface area (Å²) in [4.78, 5) is 12.0. The van der Waals surface area contributed by atoms with Crippen molar-refractivity contribution in [3.05, 3.63) is 89.5 Å². The summed E-state index contributed by atoms with van der Waals surface area (Å²) in [6.45, 7) is 0.504. The highest BCUT2D eigenvalue weighted by Crippen LogP contribution is 2.03. The minimum absolute atomic E-state index is 0.102. The van der Waals surface area contributed by atoms with E-state index in [9.17, 15) is 4.79 Å². The van der Waals surface area contributed by atoms with Gasteiger partial charge < -0.3 is 5.32 Å². The summed E-state index contributed by atoms with van der Waals surface area (Å²) >= 11 is 0. The Labute approximate surface area is 136 Å². The van der Waals surface area contributed by atoms with E-state index in [1.54, 1.807) is 6.08 Å². The number of nitrogens with one attached hydrogen (secondary N) is 1. The lowest BCUT2D eigenvalue weighted by Crippen LogP contribution is -2.26. The molecular formula is C20H18N2O. The Morgan fingerprint density at radius 1 is 1.04 bits per heavy atom. The average molecular weight is 302 g/mol. The van der Waals surface area contributed by atoms with E-state index in [0.717, 1.165) is 17.5 Å². The molecule has 0 atom stereocenters. The Balaban J connectivity index is 1.87. The minimum Gasteiger partial charge on any atom is -0.351 e. The number of nitrogens with zero attached hydrogens (tertiary/aromatic N) is 1. The smallest absolute Gasteiger partial charge is 0.261 e. The Hall–Kier alpha value is -3.12. The summed E-state index contributed by atoms with van der Waals surface area (Å²) in [6.07, 6.45) is 5.84. The van der Waals surface area contributed by atoms with Crippen LogP contribution in [-0.2, 0) is 11.2 Å². The molecule has 0 heterocycles. The first-order valence-electron chi connectivity index (χ1n) is 7.45. The quantitative estimate of drug-likeness (QED) is 0.504. The van der Waals surface area contributed by atoms with E-state index in [0.29, 0.717) is 6.54 Å². The van der Waals surface area contributed by atoms with Crippen LogP contribution in [0.4, 0.5) is 0 Å². The van der Waals surface area contributed by atoms with Gasteiger partial charge in [-0.05, 0) is 23.6 Å². The van der Waals surface area contributed by atoms with E-state index in [1.807, 2.05) is 72.8 Å². The van der Waals surface area contributed by atoms with Crippen molar-refractivity contribution in [2.75, 3.05) is 6.54 Å². The topological polar surface area (TPSA) is 52.9 Å². The number of hydrogen-bond acceptors (Lipinski definition) is 2. The van der Waals surface area contributed by atoms with Gasteiger partial charge in [0.15, 0.2) is 0 Å². The number of amides is 1. The fourth-order valence-electron chi connectivity index (χ4n) is 2.04. The Morgan fingerprint density at radius 3 is 2.35 bits per heavy atom. The maximum Gasteiger partial charge on any atom is 0.261 e. The molecule has 0 unspecified atom stereocenters. The molecule has 3 nitrogen and oxygen atoms in total. The molecule has 0 aliphatic carbocycles. The Bertz CT molecular complexity index is 725. The highest BCUT2D eigenvalue weighted by atomic mass is 16.1. The number of allylic oxidation sites excluding steroid dienone is 2. The lowest BCUT2D eigenvalue weighted by Gasteiger charge is -2.04. The lowest BCUT2D eigenvalue weighted by atomic mass is 10.1. The maximum absolute atomic E-state index is 12.0. The van der Waals surface area contributed by atoms with Crippen molar-refractivity contribution in [2.45, 2.75) is 6.42 Å². The molecule has 2 aromatic carbocycles. The Kier molecular flexibility index (Phi) is 6.37. The molecule has 2 aromatic rings. The zero-order valence-corrected chi connectivity index (χ0v) is 12.8. The number of benzene rings is 2. The zero-order valence-electron chi connectivity index (χ0n) is 12.8. The molecule has 0 aromatic heterocycles. The third kappa shape index (κ3) is 5.64. The van der Waals surface area contributed by atoms with Gasteiger partial charge in [0, 0.05) is 6.54 Å². The van der Waals surface area contributed by atoms with Crippen LogP contribution in [0.1, 0.15) is 11.1 Å². The van der Waals surface area contributed by atoms with Crippen LogP contribution < -0.4 is 5.32 Å². The summed E-state index contributed by atoms with van der Waals surface area (Å²) < 4.78 is 0. The van der Waals surface area contributed by atoms with Gasteiger partial charge in [0.1, 0.15) is 11.6 Å². The van der Waals surface area contributed by atoms with Crippen LogP contribution in [0, 0.1) is 11.3 Å². The van der Waals surface area contributed by atoms with Crippen molar-refractivity contribution in [3.8, 4) is 6.07 Å². The van der Waals surface area contributed by atoms with Gasteiger partial charge in [-0.3, -0.25) is 4.79 Å². The predicted octanol–water partition coefficient (Wildman–Crippen LogP) is 3.51. The lowest BCUT2D eigenvalue weighted by molar-refractivity contribution is -0.117. The van der Waals surface area contributed by atoms with Crippen LogP contribution in [0.2, 0.25) is 0 Å². The van der Waals surface area contributed by atoms with Crippen LogP contribution in [0.25, 0.3) is 6.08 Å². The van der Waals surface area contributed by atoms with Gasteiger partial charge in [0.25, 0.3) is 5.91 Å². The van der Waals surface area contributed by atoms with Gasteiger partial charge in [-0.15, -0.1) is 0 Å². The summed E-state index contributed by atoms with van der Waals surface area (Å²) in [5, 5.41) is 11.9. The third-order valence-electron chi connectivity index (χ3n) is 3.26. The summed E-state index contributed by atoms with van der Waals surface area (Å²) in [7, 11) is 0. The molecule has 1 amide bonds. The summed E-state index contributed by atoms with van der Waals surface area (Å²) in [5.74, 6) is -0.346. The van der Waals surface area contributed by atoms with Crippen molar-refractivity contribution in [1.29, 1.82) is 5.26 Å². The molecule has 0 aliphatic rings. The standard InChI is InChI=1S/C20H18N2O/c21-16-19(13-7-12-17-8-3-1-4-9-17)20(23)22-15-14-18-10-5-2-6-11-18/h1-13H,14-15H2,(H,22,23)/b12-7+,19-13+. The van der Waals surface area contributed by atoms with Gasteiger partial charge in [0.2, 0.25) is 0 Å². The molecule has 0 spiro atoms. The van der Waals surface area contributed by atoms with Gasteiger partial charge in [0.05, 0.1) is 0 Å². The van der Waals surface area contributed by atoms with E-state index in [-0.39, 0.29) is 11.5 Å². The predicted molar refractivity (Wildman–Crippen MR) is 92.3 cm³/mol. The number of hydrogen-bond donors (Lipinski definition) is 1. The van der Waals surface area contributed by atoms with Crippen LogP contribution in [-0.4, -0.2) is 12.5 Å². The second-order valence-electron chi connectivity index (χ2n) is 4.95. The van der Waals surface area contributed by atoms with E-state index < -0.39 is 0 Å². The van der Waals surface area contributed by atoms with Gasteiger partial charge >= 0.3 is 0 Å². The summed E-state index contributed by atoms with van der Waals surface area (Å²) in [5.41, 5.74) is 2.27. The third-order valence-corrected chi connectivity index (χ3v) is 3.26. The van der Waals surface area contributed by atoms with Crippen molar-refractivity contribution >= 4 is 12.0 Å². The fraction of sp³-hybridized carbons (Fsp3) is 0.100. The number of carbonyl (C=O) groups is 1. The number of carbonyl (C=O) groups excluding carboxylic acids is 1. The molecule has 3 heteroatoms. The molecule has 0 radical (unpaired) electrons. The molecule has 1 N–H and O–H groups in total. The van der Waals surface area contributed by atoms with Crippen molar-refractivity contribution in [2.24, 2.45) is 0 Å². The summed E-state index contributed by atoms with van der Waals surface area (Å²) in [6, 6.07) is 21.6. The monoisotopic (exact) mass is 302 g/mol. The zero-order chi connectivity index (χ0) is 16.3. The van der Waals surface area contributed by atoms with Gasteiger partial charge in [-0.25, -0.2) is 0 Å².